The first-order valence-corrected chi connectivity index (χ1v) is 6.31. The summed E-state index contributed by atoms with van der Waals surface area (Å²) < 4.78 is 5.01. The molecular weight excluding hydrogens is 206 g/mol. The van der Waals surface area contributed by atoms with Crippen molar-refractivity contribution in [2.24, 2.45) is 0 Å². The number of thioether (sulfide) groups is 1. The van der Waals surface area contributed by atoms with Crippen molar-refractivity contribution >= 4 is 11.8 Å². The lowest BCUT2D eigenvalue weighted by Gasteiger charge is -2.04. The highest BCUT2D eigenvalue weighted by Crippen LogP contribution is 2.21. The molecule has 1 saturated carbocycles. The minimum atomic E-state index is 0.722. The lowest BCUT2D eigenvalue weighted by Crippen LogP contribution is -2.14. The fourth-order valence-corrected chi connectivity index (χ4v) is 1.96. The quantitative estimate of drug-likeness (QED) is 0.592. The van der Waals surface area contributed by atoms with Crippen molar-refractivity contribution in [2.75, 3.05) is 13.0 Å². The van der Waals surface area contributed by atoms with E-state index in [9.17, 15) is 0 Å². The van der Waals surface area contributed by atoms with E-state index >= 15 is 0 Å². The Hall–Kier alpha value is -0.510. The Morgan fingerprint density at radius 3 is 2.67 bits per heavy atom. The van der Waals surface area contributed by atoms with Crippen LogP contribution in [-0.2, 0) is 11.3 Å². The van der Waals surface area contributed by atoms with Crippen LogP contribution >= 0.6 is 11.8 Å². The van der Waals surface area contributed by atoms with Crippen LogP contribution in [0, 0.1) is 0 Å². The van der Waals surface area contributed by atoms with Gasteiger partial charge >= 0.3 is 0 Å². The number of rotatable bonds is 6. The zero-order valence-corrected chi connectivity index (χ0v) is 9.85. The highest BCUT2D eigenvalue weighted by molar-refractivity contribution is 7.99. The molecular formula is C12H17NOS. The molecule has 82 valence electrons. The molecule has 15 heavy (non-hydrogen) atoms. The average Bonchev–Trinajstić information content (AvgIpc) is 3.09. The maximum Gasteiger partial charge on any atom is 0.0963 e. The second-order valence-electron chi connectivity index (χ2n) is 3.85. The number of nitrogens with one attached hydrogen (secondary N) is 1. The third-order valence-corrected chi connectivity index (χ3v) is 3.40. The first-order valence-electron chi connectivity index (χ1n) is 5.32. The Kier molecular flexibility index (Phi) is 4.06. The first kappa shape index (κ1) is 11.0. The third kappa shape index (κ3) is 3.86. The van der Waals surface area contributed by atoms with Crippen LogP contribution < -0.4 is 5.32 Å². The fraction of sp³-hybridized carbons (Fsp3) is 0.500. The summed E-state index contributed by atoms with van der Waals surface area (Å²) in [5.74, 6) is 0.722. The molecule has 0 aliphatic heterocycles. The molecule has 1 aromatic rings. The molecule has 3 heteroatoms. The summed E-state index contributed by atoms with van der Waals surface area (Å²) in [6, 6.07) is 9.48. The highest BCUT2D eigenvalue weighted by atomic mass is 32.2. The van der Waals surface area contributed by atoms with Gasteiger partial charge in [-0.25, -0.2) is 0 Å². The molecule has 0 radical (unpaired) electrons. The van der Waals surface area contributed by atoms with Crippen LogP contribution in [0.3, 0.4) is 0 Å². The van der Waals surface area contributed by atoms with Crippen molar-refractivity contribution in [1.29, 1.82) is 0 Å². The van der Waals surface area contributed by atoms with E-state index in [1.807, 2.05) is 0 Å². The Morgan fingerprint density at radius 1 is 1.33 bits per heavy atom. The molecule has 0 aromatic heterocycles. The molecule has 1 fully saturated rings. The molecule has 1 aliphatic rings. The van der Waals surface area contributed by atoms with E-state index in [1.165, 1.54) is 23.3 Å². The molecule has 2 nitrogen and oxygen atoms in total. The van der Waals surface area contributed by atoms with E-state index in [1.54, 1.807) is 18.9 Å². The molecule has 2 rings (SSSR count). The largest absolute Gasteiger partial charge is 0.374 e. The van der Waals surface area contributed by atoms with Gasteiger partial charge in [-0.15, -0.1) is 0 Å². The van der Waals surface area contributed by atoms with Gasteiger partial charge in [0, 0.05) is 24.6 Å². The zero-order chi connectivity index (χ0) is 10.5. The minimum absolute atomic E-state index is 0.722. The Bertz CT molecular complexity index is 295. The molecule has 1 N–H and O–H groups in total. The Balaban J connectivity index is 1.79. The van der Waals surface area contributed by atoms with Crippen molar-refractivity contribution in [3.63, 3.8) is 0 Å². The molecule has 0 spiro atoms. The van der Waals surface area contributed by atoms with Crippen LogP contribution in [0.2, 0.25) is 0 Å². The van der Waals surface area contributed by atoms with Crippen LogP contribution in [0.4, 0.5) is 0 Å². The number of hydrogen-bond acceptors (Lipinski definition) is 3. The van der Waals surface area contributed by atoms with Gasteiger partial charge in [-0.2, -0.15) is 0 Å². The van der Waals surface area contributed by atoms with Gasteiger partial charge in [0.2, 0.25) is 0 Å². The van der Waals surface area contributed by atoms with Gasteiger partial charge in [-0.05, 0) is 30.5 Å². The number of hydrogen-bond donors (Lipinski definition) is 1. The lowest BCUT2D eigenvalue weighted by atomic mass is 10.2. The Labute approximate surface area is 95.4 Å². The molecule has 0 bridgehead atoms. The van der Waals surface area contributed by atoms with E-state index in [-0.39, 0.29) is 0 Å². The second kappa shape index (κ2) is 5.54. The fourth-order valence-electron chi connectivity index (χ4n) is 1.38. The molecule has 1 aromatic carbocycles. The van der Waals surface area contributed by atoms with Gasteiger partial charge in [0.25, 0.3) is 0 Å². The number of ether oxygens (including phenoxy) is 1. The van der Waals surface area contributed by atoms with E-state index in [0.29, 0.717) is 0 Å². The standard InChI is InChI=1S/C12H17NOS/c1-14-9-15-12-6-2-10(3-7-12)8-13-11-4-5-11/h2-3,6-7,11,13H,4-5,8-9H2,1H3. The van der Waals surface area contributed by atoms with Crippen LogP contribution in [0.5, 0.6) is 0 Å². The zero-order valence-electron chi connectivity index (χ0n) is 9.03. The monoisotopic (exact) mass is 223 g/mol. The smallest absolute Gasteiger partial charge is 0.0963 e. The molecule has 1 aliphatic carbocycles. The lowest BCUT2D eigenvalue weighted by molar-refractivity contribution is 0.259. The van der Waals surface area contributed by atoms with Crippen molar-refractivity contribution < 1.29 is 4.74 Å². The summed E-state index contributed by atoms with van der Waals surface area (Å²) in [6.07, 6.45) is 2.70. The summed E-state index contributed by atoms with van der Waals surface area (Å²) in [7, 11) is 1.72. The maximum absolute atomic E-state index is 5.01. The summed E-state index contributed by atoms with van der Waals surface area (Å²) in [5.41, 5.74) is 1.36. The van der Waals surface area contributed by atoms with E-state index in [0.717, 1.165) is 18.5 Å². The summed E-state index contributed by atoms with van der Waals surface area (Å²) >= 11 is 1.72. The first-order chi connectivity index (χ1) is 7.38. The van der Waals surface area contributed by atoms with Crippen LogP contribution in [-0.4, -0.2) is 19.1 Å². The second-order valence-corrected chi connectivity index (χ2v) is 4.85. The third-order valence-electron chi connectivity index (χ3n) is 2.44. The van der Waals surface area contributed by atoms with E-state index in [4.69, 9.17) is 4.74 Å². The van der Waals surface area contributed by atoms with Gasteiger partial charge in [-0.3, -0.25) is 0 Å². The highest BCUT2D eigenvalue weighted by Gasteiger charge is 2.19. The summed E-state index contributed by atoms with van der Waals surface area (Å²) in [5, 5.41) is 3.50. The van der Waals surface area contributed by atoms with Crippen molar-refractivity contribution in [2.45, 2.75) is 30.3 Å². The number of methoxy groups -OCH3 is 1. The van der Waals surface area contributed by atoms with Gasteiger partial charge in [0.1, 0.15) is 0 Å². The summed E-state index contributed by atoms with van der Waals surface area (Å²) in [6.45, 7) is 1.000. The van der Waals surface area contributed by atoms with Crippen LogP contribution in [0.25, 0.3) is 0 Å². The van der Waals surface area contributed by atoms with Gasteiger partial charge in [0.05, 0.1) is 5.94 Å². The normalized spacial score (nSPS) is 15.5. The van der Waals surface area contributed by atoms with Crippen molar-refractivity contribution in [1.82, 2.24) is 5.32 Å². The van der Waals surface area contributed by atoms with Crippen molar-refractivity contribution in [3.05, 3.63) is 29.8 Å². The molecule has 0 saturated heterocycles. The van der Waals surface area contributed by atoms with E-state index in [2.05, 4.69) is 29.6 Å². The predicted octanol–water partition coefficient (Wildman–Crippen LogP) is 2.63. The molecule has 0 heterocycles. The average molecular weight is 223 g/mol. The Morgan fingerprint density at radius 2 is 2.07 bits per heavy atom. The molecule has 0 amide bonds. The van der Waals surface area contributed by atoms with Crippen LogP contribution in [0.1, 0.15) is 18.4 Å². The van der Waals surface area contributed by atoms with Gasteiger partial charge in [-0.1, -0.05) is 23.9 Å². The molecule has 0 unspecified atom stereocenters. The SMILES string of the molecule is COCSc1ccc(CNC2CC2)cc1. The minimum Gasteiger partial charge on any atom is -0.374 e. The topological polar surface area (TPSA) is 21.3 Å². The predicted molar refractivity (Wildman–Crippen MR) is 64.0 cm³/mol. The van der Waals surface area contributed by atoms with Crippen LogP contribution in [0.15, 0.2) is 29.2 Å². The summed E-state index contributed by atoms with van der Waals surface area (Å²) in [4.78, 5) is 1.27. The van der Waals surface area contributed by atoms with Gasteiger partial charge in [0.15, 0.2) is 0 Å². The molecule has 0 atom stereocenters. The van der Waals surface area contributed by atoms with Crippen molar-refractivity contribution in [3.8, 4) is 0 Å². The number of benzene rings is 1. The van der Waals surface area contributed by atoms with Gasteiger partial charge < -0.3 is 10.1 Å². The van der Waals surface area contributed by atoms with E-state index < -0.39 is 0 Å². The maximum atomic E-state index is 5.01.